The van der Waals surface area contributed by atoms with Gasteiger partial charge in [-0.25, -0.2) is 0 Å². The van der Waals surface area contributed by atoms with Gasteiger partial charge in [-0.2, -0.15) is 0 Å². The molecule has 0 aliphatic heterocycles. The molecule has 13 heteroatoms. The highest BCUT2D eigenvalue weighted by Gasteiger charge is 2.71. The van der Waals surface area contributed by atoms with Crippen molar-refractivity contribution in [3.05, 3.63) is 0 Å². The molecule has 3 radical (unpaired) electrons. The van der Waals surface area contributed by atoms with Gasteiger partial charge in [0.25, 0.3) is 0 Å². The minimum Gasteiger partial charge on any atom is -0.428 e. The van der Waals surface area contributed by atoms with E-state index in [0.717, 1.165) is 30.2 Å². The second kappa shape index (κ2) is 16.0. The van der Waals surface area contributed by atoms with E-state index in [1.54, 1.807) is 0 Å². The summed E-state index contributed by atoms with van der Waals surface area (Å²) in [5.41, 5.74) is 1.64. The third kappa shape index (κ3) is 11.1. The van der Waals surface area contributed by atoms with E-state index in [1.807, 2.05) is 0 Å². The maximum Gasteiger partial charge on any atom is 0.174 e. The molecule has 0 aromatic carbocycles. The Bertz CT molecular complexity index is 900. The summed E-state index contributed by atoms with van der Waals surface area (Å²) in [6.45, 7) is 79.2. The molecule has 0 saturated heterocycles. The Morgan fingerprint density at radius 2 is 0.562 bits per heavy atom. The van der Waals surface area contributed by atoms with Crippen molar-refractivity contribution >= 4 is 96.4 Å². The molecule has 48 heavy (non-hydrogen) atoms. The second-order valence-corrected chi connectivity index (χ2v) is 97.0. The Hall–Kier alpha value is 2.56. The molecular weight excluding hydrogens is 773 g/mol. The fourth-order valence-electron chi connectivity index (χ4n) is 13.9. The largest absolute Gasteiger partial charge is 0.428 e. The molecule has 0 fully saturated rings. The second-order valence-electron chi connectivity index (χ2n) is 25.5. The van der Waals surface area contributed by atoms with Gasteiger partial charge < -0.3 is 4.43 Å². The summed E-state index contributed by atoms with van der Waals surface area (Å²) in [5, 5.41) is 0. The molecular formula is C35H93OSi12. The van der Waals surface area contributed by atoms with E-state index >= 15 is 0 Å². The van der Waals surface area contributed by atoms with Gasteiger partial charge in [-0.1, -0.05) is 215 Å². The summed E-state index contributed by atoms with van der Waals surface area (Å²) >= 11 is 0. The predicted molar refractivity (Wildman–Crippen MR) is 262 cm³/mol. The predicted octanol–water partition coefficient (Wildman–Crippen LogP) is 13.6. The van der Waals surface area contributed by atoms with E-state index in [1.165, 1.54) is 8.55 Å². The van der Waals surface area contributed by atoms with Crippen molar-refractivity contribution in [2.45, 2.75) is 215 Å². The molecule has 287 valence electrons. The number of rotatable bonds is 18. The first-order chi connectivity index (χ1) is 20.5. The molecule has 0 saturated carbocycles. The Morgan fingerprint density at radius 3 is 0.688 bits per heavy atom. The standard InChI is InChI=1S/C35H93OSi12/c1-30(2)47(32(39(6,7)8)40(9,10)11,33(41(12,13)14)42(15,16)17)37-38(36-5)48(31(3)4,34(43(18,19)20)44(21,22)23)35(45(24,25)26)46(27,28)29/h30-35H,1-29H3. The zero-order valence-corrected chi connectivity index (χ0v) is 50.9. The van der Waals surface area contributed by atoms with Crippen LogP contribution in [0.25, 0.3) is 0 Å². The van der Waals surface area contributed by atoms with Crippen LogP contribution in [0, 0.1) is 0 Å². The summed E-state index contributed by atoms with van der Waals surface area (Å²) in [6, 6.07) is 0. The van der Waals surface area contributed by atoms with Crippen LogP contribution in [-0.2, 0) is 4.43 Å². The van der Waals surface area contributed by atoms with Gasteiger partial charge in [0.2, 0.25) is 0 Å². The van der Waals surface area contributed by atoms with Crippen LogP contribution in [0.1, 0.15) is 27.7 Å². The molecule has 0 spiro atoms. The zero-order valence-electron chi connectivity index (χ0n) is 38.9. The van der Waals surface area contributed by atoms with E-state index in [0.29, 0.717) is 0 Å². The molecule has 1 nitrogen and oxygen atoms in total. The summed E-state index contributed by atoms with van der Waals surface area (Å²) in [5.74, 6) is 0. The molecule has 0 aromatic rings. The molecule has 0 heterocycles. The van der Waals surface area contributed by atoms with E-state index in [9.17, 15) is 0 Å². The van der Waals surface area contributed by atoms with Gasteiger partial charge in [-0.15, -0.1) is 0 Å². The molecule has 0 bridgehead atoms. The fourth-order valence-corrected chi connectivity index (χ4v) is 209. The van der Waals surface area contributed by atoms with Crippen LogP contribution in [0.2, 0.25) is 187 Å². The van der Waals surface area contributed by atoms with Gasteiger partial charge in [0.05, 0.1) is 16.1 Å². The van der Waals surface area contributed by atoms with Crippen LogP contribution in [-0.4, -0.2) is 104 Å². The lowest BCUT2D eigenvalue weighted by Crippen LogP contribution is -2.82. The quantitative estimate of drug-likeness (QED) is 0.125. The normalized spacial score (nSPS) is 16.2. The first-order valence-corrected chi connectivity index (χ1v) is 58.2. The summed E-state index contributed by atoms with van der Waals surface area (Å²) in [6.07, 6.45) is 0. The van der Waals surface area contributed by atoms with Crippen molar-refractivity contribution in [1.82, 2.24) is 0 Å². The highest BCUT2D eigenvalue weighted by Crippen LogP contribution is 2.60. The Morgan fingerprint density at radius 1 is 0.354 bits per heavy atom. The van der Waals surface area contributed by atoms with Gasteiger partial charge in [0, 0.05) is 79.3 Å². The van der Waals surface area contributed by atoms with Crippen molar-refractivity contribution in [1.29, 1.82) is 0 Å². The molecule has 0 N–H and O–H groups in total. The SMILES string of the molecule is CO[Si]([Si][Si](C(C)C)(C([Si](C)(C)C)[Si](C)(C)C)C([Si](C)(C)C)[Si](C)(C)C)[Si](C(C)C)(C([Si](C)(C)C)[Si](C)(C)C)C([Si](C)(C)C)[Si](C)(C)C. The van der Waals surface area contributed by atoms with Crippen molar-refractivity contribution in [3.63, 3.8) is 0 Å². The van der Waals surface area contributed by atoms with Gasteiger partial charge in [-0.05, 0) is 0 Å². The lowest BCUT2D eigenvalue weighted by Gasteiger charge is -2.66. The van der Waals surface area contributed by atoms with Gasteiger partial charge in [-0.3, -0.25) is 0 Å². The topological polar surface area (TPSA) is 9.23 Å². The Balaban J connectivity index is 9.35. The average Bonchev–Trinajstić information content (AvgIpc) is 2.67. The van der Waals surface area contributed by atoms with E-state index < -0.39 is 87.8 Å². The van der Waals surface area contributed by atoms with Gasteiger partial charge in [0.15, 0.2) is 8.08 Å². The smallest absolute Gasteiger partial charge is 0.174 e. The molecule has 0 unspecified atom stereocenters. The molecule has 0 atom stereocenters. The van der Waals surface area contributed by atoms with Crippen LogP contribution in [0.3, 0.4) is 0 Å². The lowest BCUT2D eigenvalue weighted by molar-refractivity contribution is 0.444. The molecule has 0 amide bonds. The van der Waals surface area contributed by atoms with E-state index in [4.69, 9.17) is 4.43 Å². The average molecular weight is 867 g/mol. The highest BCUT2D eigenvalue weighted by atomic mass is 29.8. The van der Waals surface area contributed by atoms with Crippen LogP contribution in [0.15, 0.2) is 0 Å². The maximum absolute atomic E-state index is 7.74. The van der Waals surface area contributed by atoms with Crippen molar-refractivity contribution in [3.8, 4) is 0 Å². The summed E-state index contributed by atoms with van der Waals surface area (Å²) < 4.78 is 7.74. The monoisotopic (exact) mass is 865 g/mol. The van der Waals surface area contributed by atoms with Crippen LogP contribution in [0.4, 0.5) is 0 Å². The molecule has 0 rings (SSSR count). The third-order valence-corrected chi connectivity index (χ3v) is 121. The molecule has 0 aromatic heterocycles. The third-order valence-electron chi connectivity index (χ3n) is 11.7. The maximum atomic E-state index is 7.74. The van der Waals surface area contributed by atoms with Crippen molar-refractivity contribution in [2.75, 3.05) is 7.11 Å². The Labute approximate surface area is 320 Å². The minimum absolute atomic E-state index is 0.805. The fraction of sp³-hybridized carbons (Fsp3) is 1.00. The van der Waals surface area contributed by atoms with E-state index in [-0.39, 0.29) is 0 Å². The van der Waals surface area contributed by atoms with Crippen molar-refractivity contribution < 1.29 is 4.43 Å². The van der Waals surface area contributed by atoms with Crippen LogP contribution < -0.4 is 0 Å². The van der Waals surface area contributed by atoms with Crippen LogP contribution in [0.5, 0.6) is 0 Å². The number of hydrogen-bond donors (Lipinski definition) is 0. The highest BCUT2D eigenvalue weighted by molar-refractivity contribution is 7.71. The molecule has 0 aliphatic rings. The first kappa shape index (κ1) is 50.6. The lowest BCUT2D eigenvalue weighted by atomic mass is 10.6. The van der Waals surface area contributed by atoms with Gasteiger partial charge >= 0.3 is 0 Å². The molecule has 0 aliphatic carbocycles. The van der Waals surface area contributed by atoms with E-state index in [2.05, 4.69) is 192 Å². The number of hydrogen-bond acceptors (Lipinski definition) is 1. The summed E-state index contributed by atoms with van der Waals surface area (Å²) in [4.78, 5) is 4.11. The summed E-state index contributed by atoms with van der Waals surface area (Å²) in [7, 11) is -13.9. The minimum atomic E-state index is -2.05. The Kier molecular flexibility index (Phi) is 16.8. The zero-order chi connectivity index (χ0) is 39.5. The van der Waals surface area contributed by atoms with Crippen LogP contribution >= 0.6 is 0 Å². The first-order valence-electron chi connectivity index (χ1n) is 19.7. The van der Waals surface area contributed by atoms with Gasteiger partial charge in [0.1, 0.15) is 0 Å². The van der Waals surface area contributed by atoms with Crippen molar-refractivity contribution in [2.24, 2.45) is 0 Å².